The van der Waals surface area contributed by atoms with Gasteiger partial charge in [-0.15, -0.1) is 13.2 Å². The summed E-state index contributed by atoms with van der Waals surface area (Å²) in [4.78, 5) is 14.2. The molecule has 2 bridgehead atoms. The first kappa shape index (κ1) is 20.3. The Morgan fingerprint density at radius 3 is 2.57 bits per heavy atom. The van der Waals surface area contributed by atoms with Gasteiger partial charge in [-0.25, -0.2) is 9.18 Å². The average Bonchev–Trinajstić information content (AvgIpc) is 2.97. The summed E-state index contributed by atoms with van der Waals surface area (Å²) in [5.41, 5.74) is 1.50. The zero-order valence-electron chi connectivity index (χ0n) is 15.9. The lowest BCUT2D eigenvalue weighted by Gasteiger charge is -2.33. The van der Waals surface area contributed by atoms with Crippen LogP contribution in [-0.4, -0.2) is 29.4 Å². The van der Waals surface area contributed by atoms with E-state index in [4.69, 9.17) is 4.74 Å². The maximum Gasteiger partial charge on any atom is 0.573 e. The van der Waals surface area contributed by atoms with Crippen LogP contribution in [0, 0.1) is 5.82 Å². The van der Waals surface area contributed by atoms with Crippen molar-refractivity contribution in [1.29, 1.82) is 0 Å². The molecular weight excluding hydrogens is 402 g/mol. The van der Waals surface area contributed by atoms with Crippen LogP contribution >= 0.6 is 0 Å². The molecule has 8 heteroatoms. The third-order valence-electron chi connectivity index (χ3n) is 5.33. The van der Waals surface area contributed by atoms with Crippen LogP contribution in [0.3, 0.4) is 0 Å². The number of ether oxygens (including phenoxy) is 2. The number of halogens is 4. The molecule has 1 fully saturated rings. The number of amides is 1. The zero-order chi connectivity index (χ0) is 21.3. The first-order valence-electron chi connectivity index (χ1n) is 9.55. The quantitative estimate of drug-likeness (QED) is 0.596. The second-order valence-corrected chi connectivity index (χ2v) is 7.33. The summed E-state index contributed by atoms with van der Waals surface area (Å²) in [6.07, 6.45) is -1.82. The van der Waals surface area contributed by atoms with Gasteiger partial charge in [0.25, 0.3) is 0 Å². The maximum atomic E-state index is 14.3. The van der Waals surface area contributed by atoms with E-state index in [0.717, 1.165) is 23.8 Å². The van der Waals surface area contributed by atoms with Crippen molar-refractivity contribution >= 4 is 11.7 Å². The summed E-state index contributed by atoms with van der Waals surface area (Å²) in [6.45, 7) is 0.150. The lowest BCUT2D eigenvalue weighted by molar-refractivity contribution is -0.274. The minimum atomic E-state index is -4.85. The predicted molar refractivity (Wildman–Crippen MR) is 101 cm³/mol. The summed E-state index contributed by atoms with van der Waals surface area (Å²) in [5.74, 6) is -1.10. The van der Waals surface area contributed by atoms with Gasteiger partial charge >= 0.3 is 12.5 Å². The SMILES string of the molecule is O=C(OCc1ccccc1)N1C2C=C(c3cc(OC(F)(F)F)ccc3F)CC1CC2. The highest BCUT2D eigenvalue weighted by molar-refractivity contribution is 5.75. The Labute approximate surface area is 170 Å². The van der Waals surface area contributed by atoms with Crippen molar-refractivity contribution in [2.75, 3.05) is 0 Å². The van der Waals surface area contributed by atoms with Crippen molar-refractivity contribution in [2.24, 2.45) is 0 Å². The van der Waals surface area contributed by atoms with E-state index in [1.807, 2.05) is 30.3 Å². The van der Waals surface area contributed by atoms with E-state index in [1.165, 1.54) is 0 Å². The van der Waals surface area contributed by atoms with Crippen LogP contribution in [0.5, 0.6) is 5.75 Å². The second kappa shape index (κ2) is 8.01. The standard InChI is InChI=1S/C22H19F4NO3/c23-20-9-8-18(30-22(24,25)26)12-19(20)15-10-16-6-7-17(11-15)27(16)21(28)29-13-14-4-2-1-3-5-14/h1-5,8-10,12,16-17H,6-7,11,13H2. The van der Waals surface area contributed by atoms with Crippen molar-refractivity contribution in [3.63, 3.8) is 0 Å². The number of rotatable bonds is 4. The van der Waals surface area contributed by atoms with E-state index in [9.17, 15) is 22.4 Å². The van der Waals surface area contributed by atoms with Crippen molar-refractivity contribution in [3.05, 3.63) is 71.6 Å². The molecule has 0 N–H and O–H groups in total. The van der Waals surface area contributed by atoms with E-state index < -0.39 is 24.0 Å². The Morgan fingerprint density at radius 1 is 1.10 bits per heavy atom. The van der Waals surface area contributed by atoms with Gasteiger partial charge in [0.05, 0.1) is 6.04 Å². The fourth-order valence-corrected chi connectivity index (χ4v) is 4.06. The number of carbonyl (C=O) groups is 1. The number of hydrogen-bond donors (Lipinski definition) is 0. The number of carbonyl (C=O) groups excluding carboxylic acids is 1. The Kier molecular flexibility index (Phi) is 5.40. The summed E-state index contributed by atoms with van der Waals surface area (Å²) < 4.78 is 61.2. The number of nitrogens with zero attached hydrogens (tertiary/aromatic N) is 1. The molecule has 0 spiro atoms. The fraction of sp³-hybridized carbons (Fsp3) is 0.318. The molecule has 0 saturated carbocycles. The molecule has 0 aromatic heterocycles. The molecule has 2 aliphatic heterocycles. The molecule has 1 saturated heterocycles. The van der Waals surface area contributed by atoms with Gasteiger partial charge in [0.15, 0.2) is 0 Å². The molecule has 2 aromatic carbocycles. The van der Waals surface area contributed by atoms with Crippen molar-refractivity contribution in [3.8, 4) is 5.75 Å². The Bertz CT molecular complexity index is 959. The van der Waals surface area contributed by atoms with Crippen LogP contribution in [0.1, 0.15) is 30.4 Å². The molecule has 2 atom stereocenters. The second-order valence-electron chi connectivity index (χ2n) is 7.33. The maximum absolute atomic E-state index is 14.3. The molecular formula is C22H19F4NO3. The summed E-state index contributed by atoms with van der Waals surface area (Å²) in [7, 11) is 0. The van der Waals surface area contributed by atoms with Crippen LogP contribution in [0.25, 0.3) is 5.57 Å². The molecule has 2 aromatic rings. The molecule has 158 valence electrons. The molecule has 2 heterocycles. The number of alkyl halides is 3. The Morgan fingerprint density at radius 2 is 1.87 bits per heavy atom. The molecule has 0 radical (unpaired) electrons. The summed E-state index contributed by atoms with van der Waals surface area (Å²) in [5, 5.41) is 0. The van der Waals surface area contributed by atoms with Gasteiger partial charge in [-0.1, -0.05) is 36.4 Å². The van der Waals surface area contributed by atoms with E-state index >= 15 is 0 Å². The van der Waals surface area contributed by atoms with Gasteiger partial charge in [-0.05, 0) is 48.6 Å². The van der Waals surface area contributed by atoms with E-state index in [0.29, 0.717) is 24.8 Å². The van der Waals surface area contributed by atoms with Gasteiger partial charge in [-0.3, -0.25) is 4.90 Å². The lowest BCUT2D eigenvalue weighted by Crippen LogP contribution is -2.43. The van der Waals surface area contributed by atoms with Crippen molar-refractivity contribution in [2.45, 2.75) is 44.3 Å². The van der Waals surface area contributed by atoms with Crippen LogP contribution in [0.15, 0.2) is 54.6 Å². The third-order valence-corrected chi connectivity index (χ3v) is 5.33. The first-order valence-corrected chi connectivity index (χ1v) is 9.55. The number of benzene rings is 2. The van der Waals surface area contributed by atoms with E-state index in [-0.39, 0.29) is 24.3 Å². The molecule has 2 unspecified atom stereocenters. The molecule has 0 aliphatic carbocycles. The van der Waals surface area contributed by atoms with Crippen molar-refractivity contribution < 1.29 is 31.8 Å². The van der Waals surface area contributed by atoms with Gasteiger partial charge in [0.2, 0.25) is 0 Å². The number of hydrogen-bond acceptors (Lipinski definition) is 3. The van der Waals surface area contributed by atoms with Gasteiger partial charge < -0.3 is 9.47 Å². The summed E-state index contributed by atoms with van der Waals surface area (Å²) >= 11 is 0. The highest BCUT2D eigenvalue weighted by atomic mass is 19.4. The predicted octanol–water partition coefficient (Wildman–Crippen LogP) is 5.68. The first-order chi connectivity index (χ1) is 14.3. The minimum Gasteiger partial charge on any atom is -0.445 e. The molecule has 30 heavy (non-hydrogen) atoms. The van der Waals surface area contributed by atoms with E-state index in [1.54, 1.807) is 11.0 Å². The number of fused-ring (bicyclic) bond motifs is 2. The van der Waals surface area contributed by atoms with Crippen LogP contribution in [0.4, 0.5) is 22.4 Å². The van der Waals surface area contributed by atoms with Crippen LogP contribution in [0.2, 0.25) is 0 Å². The largest absolute Gasteiger partial charge is 0.573 e. The minimum absolute atomic E-state index is 0.0611. The van der Waals surface area contributed by atoms with Gasteiger partial charge in [0, 0.05) is 11.6 Å². The fourth-order valence-electron chi connectivity index (χ4n) is 4.06. The van der Waals surface area contributed by atoms with Gasteiger partial charge in [0.1, 0.15) is 18.2 Å². The van der Waals surface area contributed by atoms with Gasteiger partial charge in [-0.2, -0.15) is 0 Å². The zero-order valence-corrected chi connectivity index (χ0v) is 15.9. The normalized spacial score (nSPS) is 20.7. The third kappa shape index (κ3) is 4.42. The van der Waals surface area contributed by atoms with E-state index in [2.05, 4.69) is 4.74 Å². The molecule has 1 amide bonds. The monoisotopic (exact) mass is 421 g/mol. The highest BCUT2D eigenvalue weighted by Crippen LogP contribution is 2.40. The highest BCUT2D eigenvalue weighted by Gasteiger charge is 2.41. The van der Waals surface area contributed by atoms with Crippen LogP contribution < -0.4 is 4.74 Å². The molecule has 2 aliphatic rings. The Hall–Kier alpha value is -3.03. The average molecular weight is 421 g/mol. The Balaban J connectivity index is 1.50. The molecule has 4 nitrogen and oxygen atoms in total. The summed E-state index contributed by atoms with van der Waals surface area (Å²) in [6, 6.07) is 11.8. The molecule has 4 rings (SSSR count). The van der Waals surface area contributed by atoms with Crippen LogP contribution in [-0.2, 0) is 11.3 Å². The van der Waals surface area contributed by atoms with Crippen molar-refractivity contribution in [1.82, 2.24) is 4.90 Å². The topological polar surface area (TPSA) is 38.8 Å². The smallest absolute Gasteiger partial charge is 0.445 e. The lowest BCUT2D eigenvalue weighted by atomic mass is 9.94.